The molecular weight excluding hydrogens is 258 g/mol. The van der Waals surface area contributed by atoms with Crippen molar-refractivity contribution in [1.29, 1.82) is 0 Å². The number of ether oxygens (including phenoxy) is 1. The highest BCUT2D eigenvalue weighted by atomic mass is 16.5. The van der Waals surface area contributed by atoms with Crippen molar-refractivity contribution in [1.82, 2.24) is 4.90 Å². The predicted octanol–water partition coefficient (Wildman–Crippen LogP) is 4.44. The zero-order valence-electron chi connectivity index (χ0n) is 13.9. The van der Waals surface area contributed by atoms with Crippen LogP contribution in [0.4, 0.5) is 0 Å². The molecule has 0 aromatic heterocycles. The molecule has 2 nitrogen and oxygen atoms in total. The second-order valence-corrected chi connectivity index (χ2v) is 5.92. The van der Waals surface area contributed by atoms with Gasteiger partial charge >= 0.3 is 0 Å². The van der Waals surface area contributed by atoms with Gasteiger partial charge < -0.3 is 9.64 Å². The fraction of sp³-hybridized carbons (Fsp3) is 0.474. The lowest BCUT2D eigenvalue weighted by Crippen LogP contribution is -2.28. The third kappa shape index (κ3) is 7.26. The van der Waals surface area contributed by atoms with Gasteiger partial charge in [-0.3, -0.25) is 0 Å². The average Bonchev–Trinajstić information content (AvgIpc) is 2.44. The maximum absolute atomic E-state index is 5.69. The molecule has 0 aliphatic carbocycles. The van der Waals surface area contributed by atoms with E-state index in [1.54, 1.807) is 0 Å². The van der Waals surface area contributed by atoms with Gasteiger partial charge in [0.25, 0.3) is 0 Å². The summed E-state index contributed by atoms with van der Waals surface area (Å²) < 4.78 is 5.69. The van der Waals surface area contributed by atoms with Crippen molar-refractivity contribution in [3.8, 4) is 0 Å². The van der Waals surface area contributed by atoms with E-state index in [0.717, 1.165) is 12.8 Å². The highest BCUT2D eigenvalue weighted by Crippen LogP contribution is 2.15. The summed E-state index contributed by atoms with van der Waals surface area (Å²) >= 11 is 0. The zero-order chi connectivity index (χ0) is 15.7. The SMILES string of the molecule is C=C(C)C(CCC(C)=CCOCc1ccccc1)N(C)C. The van der Waals surface area contributed by atoms with Gasteiger partial charge in [-0.1, -0.05) is 54.1 Å². The molecule has 0 spiro atoms. The van der Waals surface area contributed by atoms with Crippen molar-refractivity contribution in [2.75, 3.05) is 20.7 Å². The number of hydrogen-bond donors (Lipinski definition) is 0. The number of hydrogen-bond acceptors (Lipinski definition) is 2. The van der Waals surface area contributed by atoms with Crippen molar-refractivity contribution >= 4 is 0 Å². The number of rotatable bonds is 9. The van der Waals surface area contributed by atoms with Crippen molar-refractivity contribution in [2.24, 2.45) is 0 Å². The highest BCUT2D eigenvalue weighted by molar-refractivity contribution is 5.13. The smallest absolute Gasteiger partial charge is 0.0721 e. The van der Waals surface area contributed by atoms with Gasteiger partial charge in [0.2, 0.25) is 0 Å². The van der Waals surface area contributed by atoms with E-state index in [0.29, 0.717) is 19.3 Å². The molecule has 1 aromatic rings. The molecule has 1 rings (SSSR count). The van der Waals surface area contributed by atoms with E-state index in [9.17, 15) is 0 Å². The highest BCUT2D eigenvalue weighted by Gasteiger charge is 2.11. The quantitative estimate of drug-likeness (QED) is 0.492. The largest absolute Gasteiger partial charge is 0.373 e. The van der Waals surface area contributed by atoms with Crippen LogP contribution in [-0.2, 0) is 11.3 Å². The molecule has 1 unspecified atom stereocenters. The molecule has 0 amide bonds. The molecule has 0 fully saturated rings. The van der Waals surface area contributed by atoms with Crippen LogP contribution in [0.1, 0.15) is 32.3 Å². The second-order valence-electron chi connectivity index (χ2n) is 5.92. The first-order valence-electron chi connectivity index (χ1n) is 7.60. The summed E-state index contributed by atoms with van der Waals surface area (Å²) in [5.74, 6) is 0. The standard InChI is InChI=1S/C19H29NO/c1-16(2)19(20(4)5)12-11-17(3)13-14-21-15-18-9-7-6-8-10-18/h6-10,13,19H,1,11-12,14-15H2,2-5H3. The molecule has 0 aliphatic heterocycles. The normalized spacial score (nSPS) is 13.5. The first-order chi connectivity index (χ1) is 10.0. The second kappa shape index (κ2) is 9.54. The number of likely N-dealkylation sites (N-methyl/N-ethyl adjacent to an activating group) is 1. The third-order valence-electron chi connectivity index (χ3n) is 3.67. The Labute approximate surface area is 130 Å². The Balaban J connectivity index is 2.28. The first-order valence-corrected chi connectivity index (χ1v) is 7.60. The molecule has 0 saturated carbocycles. The van der Waals surface area contributed by atoms with Crippen molar-refractivity contribution in [3.05, 3.63) is 59.7 Å². The molecule has 116 valence electrons. The van der Waals surface area contributed by atoms with Gasteiger partial charge in [0.1, 0.15) is 0 Å². The van der Waals surface area contributed by atoms with Crippen LogP contribution in [0.15, 0.2) is 54.1 Å². The zero-order valence-corrected chi connectivity index (χ0v) is 13.9. The number of allylic oxidation sites excluding steroid dienone is 1. The monoisotopic (exact) mass is 287 g/mol. The Morgan fingerprint density at radius 3 is 2.48 bits per heavy atom. The summed E-state index contributed by atoms with van der Waals surface area (Å²) in [6.45, 7) is 9.72. The molecule has 21 heavy (non-hydrogen) atoms. The lowest BCUT2D eigenvalue weighted by Gasteiger charge is -2.24. The minimum atomic E-state index is 0.457. The van der Waals surface area contributed by atoms with Crippen LogP contribution in [0.2, 0.25) is 0 Å². The molecule has 0 saturated heterocycles. The third-order valence-corrected chi connectivity index (χ3v) is 3.67. The number of benzene rings is 1. The van der Waals surface area contributed by atoms with Crippen molar-refractivity contribution in [3.63, 3.8) is 0 Å². The van der Waals surface area contributed by atoms with Gasteiger partial charge in [-0.05, 0) is 46.3 Å². The lowest BCUT2D eigenvalue weighted by atomic mass is 10.0. The summed E-state index contributed by atoms with van der Waals surface area (Å²) in [4.78, 5) is 2.24. The molecule has 2 heteroatoms. The minimum Gasteiger partial charge on any atom is -0.373 e. The fourth-order valence-corrected chi connectivity index (χ4v) is 2.36. The van der Waals surface area contributed by atoms with Gasteiger partial charge in [-0.15, -0.1) is 0 Å². The van der Waals surface area contributed by atoms with E-state index in [4.69, 9.17) is 4.74 Å². The Bertz CT molecular complexity index is 448. The van der Waals surface area contributed by atoms with Crippen LogP contribution in [0, 0.1) is 0 Å². The summed E-state index contributed by atoms with van der Waals surface area (Å²) in [6.07, 6.45) is 4.39. The molecule has 0 bridgehead atoms. The Kier molecular flexibility index (Phi) is 8.03. The molecule has 0 heterocycles. The van der Waals surface area contributed by atoms with E-state index in [-0.39, 0.29) is 0 Å². The Morgan fingerprint density at radius 1 is 1.24 bits per heavy atom. The van der Waals surface area contributed by atoms with Gasteiger partial charge in [0.05, 0.1) is 13.2 Å². The lowest BCUT2D eigenvalue weighted by molar-refractivity contribution is 0.148. The maximum Gasteiger partial charge on any atom is 0.0721 e. The van der Waals surface area contributed by atoms with Gasteiger partial charge in [-0.2, -0.15) is 0 Å². The Morgan fingerprint density at radius 2 is 1.90 bits per heavy atom. The molecule has 0 aliphatic rings. The van der Waals surface area contributed by atoms with Crippen LogP contribution in [0.25, 0.3) is 0 Å². The van der Waals surface area contributed by atoms with Crippen LogP contribution >= 0.6 is 0 Å². The van der Waals surface area contributed by atoms with E-state index < -0.39 is 0 Å². The van der Waals surface area contributed by atoms with Gasteiger partial charge in [0, 0.05) is 6.04 Å². The van der Waals surface area contributed by atoms with Crippen LogP contribution < -0.4 is 0 Å². The van der Waals surface area contributed by atoms with Gasteiger partial charge in [0.15, 0.2) is 0 Å². The molecule has 0 N–H and O–H groups in total. The van der Waals surface area contributed by atoms with Crippen LogP contribution in [-0.4, -0.2) is 31.6 Å². The topological polar surface area (TPSA) is 12.5 Å². The summed E-state index contributed by atoms with van der Waals surface area (Å²) in [6, 6.07) is 10.7. The molecular formula is C19H29NO. The average molecular weight is 287 g/mol. The van der Waals surface area contributed by atoms with E-state index in [2.05, 4.69) is 57.6 Å². The molecule has 1 aromatic carbocycles. The first kappa shape index (κ1) is 17.7. The Hall–Kier alpha value is -1.38. The van der Waals surface area contributed by atoms with E-state index in [1.165, 1.54) is 16.7 Å². The van der Waals surface area contributed by atoms with Crippen LogP contribution in [0.5, 0.6) is 0 Å². The van der Waals surface area contributed by atoms with Crippen molar-refractivity contribution in [2.45, 2.75) is 39.3 Å². The summed E-state index contributed by atoms with van der Waals surface area (Å²) in [7, 11) is 4.22. The van der Waals surface area contributed by atoms with Crippen LogP contribution in [0.3, 0.4) is 0 Å². The fourth-order valence-electron chi connectivity index (χ4n) is 2.36. The molecule has 0 radical (unpaired) electrons. The molecule has 1 atom stereocenters. The number of nitrogens with zero attached hydrogens (tertiary/aromatic N) is 1. The van der Waals surface area contributed by atoms with Crippen molar-refractivity contribution < 1.29 is 4.74 Å². The summed E-state index contributed by atoms with van der Waals surface area (Å²) in [5, 5.41) is 0. The minimum absolute atomic E-state index is 0.457. The summed E-state index contributed by atoms with van der Waals surface area (Å²) in [5.41, 5.74) is 3.84. The maximum atomic E-state index is 5.69. The predicted molar refractivity (Wildman–Crippen MR) is 91.4 cm³/mol. The van der Waals surface area contributed by atoms with E-state index in [1.807, 2.05) is 18.2 Å². The van der Waals surface area contributed by atoms with Gasteiger partial charge in [-0.25, -0.2) is 0 Å². The van der Waals surface area contributed by atoms with E-state index >= 15 is 0 Å².